The summed E-state index contributed by atoms with van der Waals surface area (Å²) >= 11 is 0. The van der Waals surface area contributed by atoms with Gasteiger partial charge in [-0.3, -0.25) is 9.59 Å². The van der Waals surface area contributed by atoms with Gasteiger partial charge in [0.2, 0.25) is 0 Å². The van der Waals surface area contributed by atoms with Crippen LogP contribution >= 0.6 is 0 Å². The van der Waals surface area contributed by atoms with Crippen LogP contribution in [0, 0.1) is 0 Å². The summed E-state index contributed by atoms with van der Waals surface area (Å²) in [6.07, 6.45) is 3.18. The summed E-state index contributed by atoms with van der Waals surface area (Å²) in [7, 11) is 1.31. The summed E-state index contributed by atoms with van der Waals surface area (Å²) in [4.78, 5) is 24.4. The molecule has 5 nitrogen and oxygen atoms in total. The maximum absolute atomic E-state index is 11.9. The molecule has 0 saturated heterocycles. The molecule has 0 radical (unpaired) electrons. The van der Waals surface area contributed by atoms with Gasteiger partial charge in [0.15, 0.2) is 5.76 Å². The fraction of sp³-hybridized carbons (Fsp3) is 0.333. The third kappa shape index (κ3) is 3.79. The van der Waals surface area contributed by atoms with E-state index in [2.05, 4.69) is 11.3 Å². The van der Waals surface area contributed by atoms with Crippen molar-refractivity contribution >= 4 is 11.9 Å². The minimum absolute atomic E-state index is 0.150. The van der Waals surface area contributed by atoms with Gasteiger partial charge in [0.25, 0.3) is 5.91 Å². The van der Waals surface area contributed by atoms with Crippen LogP contribution in [0.2, 0.25) is 0 Å². The van der Waals surface area contributed by atoms with Crippen molar-refractivity contribution in [2.75, 3.05) is 20.2 Å². The molecule has 0 fully saturated rings. The highest BCUT2D eigenvalue weighted by Gasteiger charge is 2.17. The number of carbonyl (C=O) groups is 2. The van der Waals surface area contributed by atoms with E-state index in [1.54, 1.807) is 18.2 Å². The van der Waals surface area contributed by atoms with Gasteiger partial charge < -0.3 is 14.1 Å². The van der Waals surface area contributed by atoms with E-state index >= 15 is 0 Å². The zero-order valence-corrected chi connectivity index (χ0v) is 9.72. The van der Waals surface area contributed by atoms with E-state index in [1.807, 2.05) is 0 Å². The van der Waals surface area contributed by atoms with E-state index in [1.165, 1.54) is 18.3 Å². The van der Waals surface area contributed by atoms with E-state index in [4.69, 9.17) is 4.42 Å². The molecule has 0 aliphatic rings. The number of ether oxygens (including phenoxy) is 1. The van der Waals surface area contributed by atoms with Crippen molar-refractivity contribution in [2.45, 2.75) is 6.42 Å². The third-order valence-electron chi connectivity index (χ3n) is 2.18. The molecule has 17 heavy (non-hydrogen) atoms. The van der Waals surface area contributed by atoms with Crippen molar-refractivity contribution in [1.29, 1.82) is 0 Å². The van der Waals surface area contributed by atoms with Crippen molar-refractivity contribution in [1.82, 2.24) is 4.90 Å². The lowest BCUT2D eigenvalue weighted by Crippen LogP contribution is -2.33. The molecule has 0 unspecified atom stereocenters. The van der Waals surface area contributed by atoms with Crippen molar-refractivity contribution in [2.24, 2.45) is 0 Å². The van der Waals surface area contributed by atoms with Crippen LogP contribution in [-0.2, 0) is 9.53 Å². The Morgan fingerprint density at radius 1 is 1.59 bits per heavy atom. The highest BCUT2D eigenvalue weighted by molar-refractivity contribution is 5.91. The third-order valence-corrected chi connectivity index (χ3v) is 2.18. The molecule has 92 valence electrons. The minimum Gasteiger partial charge on any atom is -0.469 e. The molecule has 1 amide bonds. The molecule has 1 aromatic rings. The first-order chi connectivity index (χ1) is 8.19. The van der Waals surface area contributed by atoms with Gasteiger partial charge in [-0.05, 0) is 12.1 Å². The van der Waals surface area contributed by atoms with Crippen LogP contribution in [0.25, 0.3) is 0 Å². The Labute approximate surface area is 99.7 Å². The van der Waals surface area contributed by atoms with E-state index in [9.17, 15) is 9.59 Å². The molecule has 0 saturated carbocycles. The van der Waals surface area contributed by atoms with Gasteiger partial charge >= 0.3 is 5.97 Å². The predicted molar refractivity (Wildman–Crippen MR) is 61.4 cm³/mol. The summed E-state index contributed by atoms with van der Waals surface area (Å²) < 4.78 is 9.54. The maximum Gasteiger partial charge on any atom is 0.307 e. The first-order valence-corrected chi connectivity index (χ1v) is 5.19. The van der Waals surface area contributed by atoms with Crippen molar-refractivity contribution in [3.8, 4) is 0 Å². The molecule has 0 bridgehead atoms. The number of hydrogen-bond acceptors (Lipinski definition) is 4. The SMILES string of the molecule is C=CCN(CCC(=O)OC)C(=O)c1ccco1. The van der Waals surface area contributed by atoms with Crippen molar-refractivity contribution < 1.29 is 18.7 Å². The zero-order chi connectivity index (χ0) is 12.7. The molecule has 5 heteroatoms. The lowest BCUT2D eigenvalue weighted by molar-refractivity contribution is -0.140. The number of methoxy groups -OCH3 is 1. The highest BCUT2D eigenvalue weighted by Crippen LogP contribution is 2.06. The monoisotopic (exact) mass is 237 g/mol. The number of rotatable bonds is 6. The van der Waals surface area contributed by atoms with Crippen LogP contribution in [0.1, 0.15) is 17.0 Å². The fourth-order valence-electron chi connectivity index (χ4n) is 1.32. The fourth-order valence-corrected chi connectivity index (χ4v) is 1.32. The van der Waals surface area contributed by atoms with Crippen molar-refractivity contribution in [3.05, 3.63) is 36.8 Å². The number of furan rings is 1. The summed E-state index contributed by atoms with van der Waals surface area (Å²) in [5.41, 5.74) is 0. The maximum atomic E-state index is 11.9. The van der Waals surface area contributed by atoms with E-state index in [0.29, 0.717) is 6.54 Å². The Kier molecular flexibility index (Phi) is 5.00. The molecule has 0 atom stereocenters. The van der Waals surface area contributed by atoms with Gasteiger partial charge in [-0.1, -0.05) is 6.08 Å². The van der Waals surface area contributed by atoms with Crippen LogP contribution in [0.3, 0.4) is 0 Å². The highest BCUT2D eigenvalue weighted by atomic mass is 16.5. The van der Waals surface area contributed by atoms with E-state index in [-0.39, 0.29) is 30.6 Å². The quantitative estimate of drug-likeness (QED) is 0.555. The van der Waals surface area contributed by atoms with Gasteiger partial charge in [-0.15, -0.1) is 6.58 Å². The van der Waals surface area contributed by atoms with Crippen LogP contribution in [0.4, 0.5) is 0 Å². The molecular weight excluding hydrogens is 222 g/mol. The average Bonchev–Trinajstić information content (AvgIpc) is 2.86. The average molecular weight is 237 g/mol. The van der Waals surface area contributed by atoms with E-state index in [0.717, 1.165) is 0 Å². The summed E-state index contributed by atoms with van der Waals surface area (Å²) in [5, 5.41) is 0. The second-order valence-electron chi connectivity index (χ2n) is 3.34. The van der Waals surface area contributed by atoms with Gasteiger partial charge in [0.05, 0.1) is 19.8 Å². The van der Waals surface area contributed by atoms with Crippen molar-refractivity contribution in [3.63, 3.8) is 0 Å². The van der Waals surface area contributed by atoms with Gasteiger partial charge in [-0.2, -0.15) is 0 Å². The first kappa shape index (κ1) is 13.0. The molecular formula is C12H15NO4. The molecule has 0 aliphatic carbocycles. The predicted octanol–water partition coefficient (Wildman–Crippen LogP) is 1.47. The van der Waals surface area contributed by atoms with Crippen LogP contribution in [0.15, 0.2) is 35.5 Å². The van der Waals surface area contributed by atoms with Gasteiger partial charge in [0, 0.05) is 13.1 Å². The number of nitrogens with zero attached hydrogens (tertiary/aromatic N) is 1. The van der Waals surface area contributed by atoms with E-state index < -0.39 is 0 Å². The molecule has 0 N–H and O–H groups in total. The number of esters is 1. The standard InChI is InChI=1S/C12H15NO4/c1-3-7-13(8-6-11(14)16-2)12(15)10-5-4-9-17-10/h3-5,9H,1,6-8H2,2H3. The zero-order valence-electron chi connectivity index (χ0n) is 9.72. The molecule has 1 rings (SSSR count). The molecule has 1 heterocycles. The van der Waals surface area contributed by atoms with Gasteiger partial charge in [0.1, 0.15) is 0 Å². The second kappa shape index (κ2) is 6.52. The smallest absolute Gasteiger partial charge is 0.307 e. The normalized spacial score (nSPS) is 9.71. The van der Waals surface area contributed by atoms with Gasteiger partial charge in [-0.25, -0.2) is 0 Å². The van der Waals surface area contributed by atoms with Crippen LogP contribution in [-0.4, -0.2) is 37.0 Å². The molecule has 1 aromatic heterocycles. The topological polar surface area (TPSA) is 59.8 Å². The molecule has 0 aromatic carbocycles. The minimum atomic E-state index is -0.355. The molecule has 0 aliphatic heterocycles. The largest absolute Gasteiger partial charge is 0.469 e. The second-order valence-corrected chi connectivity index (χ2v) is 3.34. The Bertz CT molecular complexity index is 383. The Morgan fingerprint density at radius 3 is 2.88 bits per heavy atom. The lowest BCUT2D eigenvalue weighted by atomic mass is 10.3. The van der Waals surface area contributed by atoms with Crippen LogP contribution < -0.4 is 0 Å². The summed E-state index contributed by atoms with van der Waals surface area (Å²) in [5.74, 6) is -0.373. The number of amides is 1. The number of hydrogen-bond donors (Lipinski definition) is 0. The first-order valence-electron chi connectivity index (χ1n) is 5.19. The number of carbonyl (C=O) groups excluding carboxylic acids is 2. The Hall–Kier alpha value is -2.04. The molecule has 0 spiro atoms. The Balaban J connectivity index is 2.62. The summed E-state index contributed by atoms with van der Waals surface area (Å²) in [6, 6.07) is 3.22. The lowest BCUT2D eigenvalue weighted by Gasteiger charge is -2.19. The summed E-state index contributed by atoms with van der Waals surface area (Å²) in [6.45, 7) is 4.20. The Morgan fingerprint density at radius 2 is 2.35 bits per heavy atom. The van der Waals surface area contributed by atoms with Crippen LogP contribution in [0.5, 0.6) is 0 Å².